The molecular formula is C26H22ClFN2O5. The Hall–Kier alpha value is -3.78. The summed E-state index contributed by atoms with van der Waals surface area (Å²) in [6.07, 6.45) is 0.623. The summed E-state index contributed by atoms with van der Waals surface area (Å²) in [5.74, 6) is -0.204. The number of benzene rings is 3. The second-order valence-electron chi connectivity index (χ2n) is 8.30. The van der Waals surface area contributed by atoms with Crippen LogP contribution in [0.4, 0.5) is 9.18 Å². The highest BCUT2D eigenvalue weighted by Crippen LogP contribution is 2.36. The molecule has 0 saturated carbocycles. The Morgan fingerprint density at radius 3 is 2.60 bits per heavy atom. The minimum atomic E-state index is -1.46. The topological polar surface area (TPSA) is 94.1 Å². The molecule has 2 atom stereocenters. The van der Waals surface area contributed by atoms with E-state index in [1.54, 1.807) is 42.5 Å². The van der Waals surface area contributed by atoms with Gasteiger partial charge in [0.2, 0.25) is 5.60 Å². The average Bonchev–Trinajstić information content (AvgIpc) is 3.09. The lowest BCUT2D eigenvalue weighted by Gasteiger charge is -2.21. The van der Waals surface area contributed by atoms with Crippen molar-refractivity contribution in [3.63, 3.8) is 0 Å². The van der Waals surface area contributed by atoms with Crippen molar-refractivity contribution in [2.75, 3.05) is 0 Å². The Morgan fingerprint density at radius 1 is 1.14 bits per heavy atom. The van der Waals surface area contributed by atoms with Crippen molar-refractivity contribution >= 4 is 23.6 Å². The lowest BCUT2D eigenvalue weighted by Crippen LogP contribution is -2.33. The molecule has 1 aliphatic rings. The molecule has 35 heavy (non-hydrogen) atoms. The van der Waals surface area contributed by atoms with Crippen molar-refractivity contribution in [3.05, 3.63) is 98.7 Å². The summed E-state index contributed by atoms with van der Waals surface area (Å²) in [6.45, 7) is 3.51. The van der Waals surface area contributed by atoms with Crippen LogP contribution in [-0.2, 0) is 21.6 Å². The second-order valence-corrected chi connectivity index (χ2v) is 8.73. The first kappa shape index (κ1) is 24.3. The Kier molecular flexibility index (Phi) is 6.84. The Morgan fingerprint density at radius 2 is 1.94 bits per heavy atom. The number of ether oxygens (including phenoxy) is 2. The number of rotatable bonds is 8. The van der Waals surface area contributed by atoms with E-state index in [0.717, 1.165) is 18.1 Å². The summed E-state index contributed by atoms with van der Waals surface area (Å²) in [6, 6.07) is 14.9. The number of hydrogen-bond acceptors (Lipinski definition) is 6. The van der Waals surface area contributed by atoms with E-state index in [0.29, 0.717) is 29.0 Å². The summed E-state index contributed by atoms with van der Waals surface area (Å²) in [5.41, 5.74) is 0.446. The van der Waals surface area contributed by atoms with E-state index in [4.69, 9.17) is 21.1 Å². The first-order chi connectivity index (χ1) is 16.7. The second kappa shape index (κ2) is 9.84. The van der Waals surface area contributed by atoms with Crippen molar-refractivity contribution < 1.29 is 23.5 Å². The normalized spacial score (nSPS) is 18.1. The van der Waals surface area contributed by atoms with Crippen LogP contribution in [0.2, 0.25) is 5.02 Å². The monoisotopic (exact) mass is 496 g/mol. The number of nitroso groups, excluding NO2 is 1. The molecule has 0 bridgehead atoms. The molecule has 7 nitrogen and oxygen atoms in total. The summed E-state index contributed by atoms with van der Waals surface area (Å²) >= 11 is 5.84. The van der Waals surface area contributed by atoms with Gasteiger partial charge in [-0.2, -0.15) is 0 Å². The van der Waals surface area contributed by atoms with Crippen molar-refractivity contribution in [2.45, 2.75) is 38.3 Å². The van der Waals surface area contributed by atoms with Gasteiger partial charge in [-0.05, 0) is 60.9 Å². The lowest BCUT2D eigenvalue weighted by molar-refractivity contribution is -0.130. The molecule has 3 aromatic rings. The highest BCUT2D eigenvalue weighted by atomic mass is 35.5. The molecule has 9 heteroatoms. The minimum Gasteiger partial charge on any atom is -0.457 e. The quantitative estimate of drug-likeness (QED) is 0.356. The molecular weight excluding hydrogens is 475 g/mol. The van der Waals surface area contributed by atoms with Crippen LogP contribution >= 0.6 is 11.6 Å². The first-order valence-electron chi connectivity index (χ1n) is 11.0. The van der Waals surface area contributed by atoms with E-state index in [1.807, 2.05) is 6.92 Å². The molecule has 0 aliphatic carbocycles. The lowest BCUT2D eigenvalue weighted by atomic mass is 9.95. The van der Waals surface area contributed by atoms with Gasteiger partial charge in [0.25, 0.3) is 5.91 Å². The van der Waals surface area contributed by atoms with Crippen LogP contribution in [0.25, 0.3) is 0 Å². The number of alkyl carbamates (subject to hydrolysis) is 1. The third-order valence-electron chi connectivity index (χ3n) is 5.84. The molecule has 3 aromatic carbocycles. The molecule has 0 radical (unpaired) electrons. The van der Waals surface area contributed by atoms with Gasteiger partial charge in [-0.25, -0.2) is 9.18 Å². The molecule has 180 valence electrons. The van der Waals surface area contributed by atoms with Crippen LogP contribution in [0.5, 0.6) is 11.5 Å². The Balaban J connectivity index is 1.66. The third-order valence-corrected chi connectivity index (χ3v) is 6.08. The van der Waals surface area contributed by atoms with Gasteiger partial charge in [0.15, 0.2) is 0 Å². The number of nitrogens with one attached hydrogen (secondary N) is 1. The molecule has 1 aliphatic heterocycles. The van der Waals surface area contributed by atoms with Crippen LogP contribution in [0, 0.1) is 10.7 Å². The fourth-order valence-corrected chi connectivity index (χ4v) is 4.16. The van der Waals surface area contributed by atoms with E-state index in [-0.39, 0.29) is 10.6 Å². The van der Waals surface area contributed by atoms with Gasteiger partial charge in [0, 0.05) is 16.1 Å². The van der Waals surface area contributed by atoms with Crippen LogP contribution in [0.1, 0.15) is 48.6 Å². The maximum atomic E-state index is 14.5. The van der Waals surface area contributed by atoms with Crippen molar-refractivity contribution in [3.8, 4) is 11.5 Å². The first-order valence-corrected chi connectivity index (χ1v) is 11.4. The average molecular weight is 497 g/mol. The van der Waals surface area contributed by atoms with Crippen molar-refractivity contribution in [2.24, 2.45) is 5.18 Å². The maximum Gasteiger partial charge on any atom is 0.415 e. The standard InChI is InChI=1S/C26H22ClFN2O5/c1-3-5-15-12-16(23(30-33)20-10-9-18(27)14-21(20)28)8-11-22(15)34-19-7-4-6-17(13-19)26(2)24(31)29-25(32)35-26/h4,6-14,23H,3,5H2,1-2H3,(H,29,31,32)/t23?,26-/m1/s1. The molecule has 1 unspecified atom stereocenters. The van der Waals surface area contributed by atoms with Crippen LogP contribution in [0.15, 0.2) is 65.8 Å². The fourth-order valence-electron chi connectivity index (χ4n) is 4.00. The molecule has 0 aromatic heterocycles. The predicted octanol–water partition coefficient (Wildman–Crippen LogP) is 6.56. The molecule has 1 N–H and O–H groups in total. The third kappa shape index (κ3) is 4.88. The van der Waals surface area contributed by atoms with Crippen molar-refractivity contribution in [1.82, 2.24) is 5.32 Å². The summed E-state index contributed by atoms with van der Waals surface area (Å²) in [5, 5.41) is 5.52. The number of carbonyl (C=O) groups is 2. The number of halogens is 2. The zero-order valence-electron chi connectivity index (χ0n) is 19.0. The van der Waals surface area contributed by atoms with E-state index < -0.39 is 29.5 Å². The van der Waals surface area contributed by atoms with E-state index >= 15 is 0 Å². The molecule has 0 spiro atoms. The maximum absolute atomic E-state index is 14.5. The smallest absolute Gasteiger partial charge is 0.415 e. The molecule has 1 fully saturated rings. The SMILES string of the molecule is CCCc1cc(C(N=O)c2ccc(Cl)cc2F)ccc1Oc1cccc([C@@]2(C)OC(=O)NC2=O)c1. The molecule has 4 rings (SSSR count). The number of aryl methyl sites for hydroxylation is 1. The van der Waals surface area contributed by atoms with Gasteiger partial charge in [-0.1, -0.05) is 54.4 Å². The summed E-state index contributed by atoms with van der Waals surface area (Å²) < 4.78 is 25.8. The molecule has 1 heterocycles. The number of nitrogens with zero attached hydrogens (tertiary/aromatic N) is 1. The summed E-state index contributed by atoms with van der Waals surface area (Å²) in [4.78, 5) is 35.5. The van der Waals surface area contributed by atoms with Gasteiger partial charge >= 0.3 is 6.09 Å². The Labute approximate surface area is 206 Å². The van der Waals surface area contributed by atoms with E-state index in [2.05, 4.69) is 10.5 Å². The van der Waals surface area contributed by atoms with Crippen LogP contribution < -0.4 is 10.1 Å². The molecule has 1 saturated heterocycles. The minimum absolute atomic E-state index is 0.130. The number of amides is 2. The number of cyclic esters (lactones) is 1. The predicted molar refractivity (Wildman–Crippen MR) is 128 cm³/mol. The number of hydrogen-bond donors (Lipinski definition) is 1. The van der Waals surface area contributed by atoms with Crippen LogP contribution in [-0.4, -0.2) is 12.0 Å². The zero-order valence-corrected chi connectivity index (χ0v) is 19.8. The number of imide groups is 1. The van der Waals surface area contributed by atoms with Crippen LogP contribution in [0.3, 0.4) is 0 Å². The zero-order chi connectivity index (χ0) is 25.2. The van der Waals surface area contributed by atoms with Gasteiger partial charge < -0.3 is 9.47 Å². The van der Waals surface area contributed by atoms with Crippen molar-refractivity contribution in [1.29, 1.82) is 0 Å². The summed E-state index contributed by atoms with van der Waals surface area (Å²) in [7, 11) is 0. The van der Waals surface area contributed by atoms with Gasteiger partial charge in [-0.15, -0.1) is 4.91 Å². The van der Waals surface area contributed by atoms with Gasteiger partial charge in [0.1, 0.15) is 23.4 Å². The highest BCUT2D eigenvalue weighted by Gasteiger charge is 2.46. The Bertz CT molecular complexity index is 1310. The fraction of sp³-hybridized carbons (Fsp3) is 0.231. The largest absolute Gasteiger partial charge is 0.457 e. The van der Waals surface area contributed by atoms with Gasteiger partial charge in [-0.3, -0.25) is 10.1 Å². The number of carbonyl (C=O) groups excluding carboxylic acids is 2. The van der Waals surface area contributed by atoms with E-state index in [1.165, 1.54) is 19.1 Å². The van der Waals surface area contributed by atoms with Gasteiger partial charge in [0.05, 0.1) is 0 Å². The highest BCUT2D eigenvalue weighted by molar-refractivity contribution is 6.30. The van der Waals surface area contributed by atoms with E-state index in [9.17, 15) is 18.9 Å². The molecule has 2 amide bonds.